The van der Waals surface area contributed by atoms with Gasteiger partial charge in [-0.15, -0.1) is 11.3 Å². The minimum Gasteiger partial charge on any atom is -0.480 e. The highest BCUT2D eigenvalue weighted by molar-refractivity contribution is 7.10. The van der Waals surface area contributed by atoms with Gasteiger partial charge in [0.2, 0.25) is 5.91 Å². The number of amides is 1. The summed E-state index contributed by atoms with van der Waals surface area (Å²) in [6, 6.07) is 2.88. The molecule has 1 aromatic rings. The fourth-order valence-corrected chi connectivity index (χ4v) is 1.49. The van der Waals surface area contributed by atoms with Crippen LogP contribution in [0.25, 0.3) is 6.08 Å². The lowest BCUT2D eigenvalue weighted by Gasteiger charge is -2.05. The Balaban J connectivity index is 2.46. The molecule has 0 aliphatic heterocycles. The molecule has 1 amide bonds. The summed E-state index contributed by atoms with van der Waals surface area (Å²) in [4.78, 5) is 22.6. The van der Waals surface area contributed by atoms with Crippen LogP contribution in [0.1, 0.15) is 11.8 Å². The summed E-state index contributed by atoms with van der Waals surface area (Å²) >= 11 is 1.51. The highest BCUT2D eigenvalue weighted by Crippen LogP contribution is 2.09. The van der Waals surface area contributed by atoms with Gasteiger partial charge >= 0.3 is 5.97 Å². The van der Waals surface area contributed by atoms with Crippen LogP contribution in [0, 0.1) is 0 Å². The second-order valence-electron chi connectivity index (χ2n) is 2.92. The van der Waals surface area contributed by atoms with Gasteiger partial charge in [0, 0.05) is 11.0 Å². The molecule has 1 aromatic heterocycles. The Morgan fingerprint density at radius 3 is 2.87 bits per heavy atom. The van der Waals surface area contributed by atoms with Crippen molar-refractivity contribution in [2.75, 3.05) is 0 Å². The molecule has 0 aromatic carbocycles. The summed E-state index contributed by atoms with van der Waals surface area (Å²) in [5.74, 6) is -1.45. The lowest BCUT2D eigenvalue weighted by atomic mass is 10.3. The highest BCUT2D eigenvalue weighted by atomic mass is 32.1. The number of rotatable bonds is 4. The van der Waals surface area contributed by atoms with E-state index < -0.39 is 17.9 Å². The standard InChI is InChI=1S/C10H11NO3S/c1-7(10(13)14)11-9(12)5-4-8-3-2-6-15-8/h2-7H,1H3,(H,11,12)(H,13,14)/b5-4+. The normalized spacial score (nSPS) is 12.6. The molecule has 0 aliphatic rings. The quantitative estimate of drug-likeness (QED) is 0.760. The molecule has 0 aliphatic carbocycles. The largest absolute Gasteiger partial charge is 0.480 e. The van der Waals surface area contributed by atoms with E-state index in [9.17, 15) is 9.59 Å². The molecule has 0 fully saturated rings. The number of thiophene rings is 1. The molecule has 5 heteroatoms. The van der Waals surface area contributed by atoms with Gasteiger partial charge in [0.25, 0.3) is 0 Å². The van der Waals surface area contributed by atoms with Crippen LogP contribution in [0.3, 0.4) is 0 Å². The first kappa shape index (κ1) is 11.5. The molecule has 80 valence electrons. The van der Waals surface area contributed by atoms with E-state index in [1.165, 1.54) is 24.3 Å². The minimum atomic E-state index is -1.05. The number of aliphatic carboxylic acids is 1. The number of carbonyl (C=O) groups is 2. The maximum atomic E-state index is 11.2. The third-order valence-corrected chi connectivity index (χ3v) is 2.51. The van der Waals surface area contributed by atoms with Crippen molar-refractivity contribution >= 4 is 29.3 Å². The number of nitrogens with one attached hydrogen (secondary N) is 1. The number of carboxylic acid groups (broad SMARTS) is 1. The van der Waals surface area contributed by atoms with Crippen molar-refractivity contribution < 1.29 is 14.7 Å². The third-order valence-electron chi connectivity index (χ3n) is 1.67. The van der Waals surface area contributed by atoms with Crippen LogP contribution in [0.15, 0.2) is 23.6 Å². The summed E-state index contributed by atoms with van der Waals surface area (Å²) in [6.07, 6.45) is 2.97. The SMILES string of the molecule is CC(NC(=O)/C=C/c1cccs1)C(=O)O. The number of carboxylic acids is 1. The van der Waals surface area contributed by atoms with Crippen molar-refractivity contribution in [1.29, 1.82) is 0 Å². The Morgan fingerprint density at radius 1 is 1.60 bits per heavy atom. The molecule has 1 rings (SSSR count). The predicted octanol–water partition coefficient (Wildman–Crippen LogP) is 1.35. The van der Waals surface area contributed by atoms with E-state index in [1.54, 1.807) is 6.08 Å². The molecule has 4 nitrogen and oxygen atoms in total. The number of hydrogen-bond acceptors (Lipinski definition) is 3. The summed E-state index contributed by atoms with van der Waals surface area (Å²) in [5.41, 5.74) is 0. The van der Waals surface area contributed by atoms with Crippen LogP contribution >= 0.6 is 11.3 Å². The molecule has 2 N–H and O–H groups in total. The van der Waals surface area contributed by atoms with Crippen LogP contribution in [0.4, 0.5) is 0 Å². The minimum absolute atomic E-state index is 0.404. The van der Waals surface area contributed by atoms with Gasteiger partial charge in [0.1, 0.15) is 6.04 Å². The monoisotopic (exact) mass is 225 g/mol. The Kier molecular flexibility index (Phi) is 4.05. The van der Waals surface area contributed by atoms with Crippen molar-refractivity contribution in [1.82, 2.24) is 5.32 Å². The average Bonchev–Trinajstić information content (AvgIpc) is 2.66. The first-order valence-corrected chi connectivity index (χ1v) is 5.22. The van der Waals surface area contributed by atoms with E-state index in [0.29, 0.717) is 0 Å². The highest BCUT2D eigenvalue weighted by Gasteiger charge is 2.11. The molecular weight excluding hydrogens is 214 g/mol. The second kappa shape index (κ2) is 5.31. The summed E-state index contributed by atoms with van der Waals surface area (Å²) in [5, 5.41) is 12.8. The van der Waals surface area contributed by atoms with Gasteiger partial charge < -0.3 is 10.4 Å². The van der Waals surface area contributed by atoms with Crippen molar-refractivity contribution in [2.24, 2.45) is 0 Å². The van der Waals surface area contributed by atoms with Crippen LogP contribution in [-0.2, 0) is 9.59 Å². The Hall–Kier alpha value is -1.62. The van der Waals surface area contributed by atoms with Gasteiger partial charge in [0.05, 0.1) is 0 Å². The maximum absolute atomic E-state index is 11.2. The second-order valence-corrected chi connectivity index (χ2v) is 3.90. The third kappa shape index (κ3) is 3.95. The molecule has 0 spiro atoms. The van der Waals surface area contributed by atoms with E-state index in [4.69, 9.17) is 5.11 Å². The van der Waals surface area contributed by atoms with Crippen molar-refractivity contribution in [3.05, 3.63) is 28.5 Å². The fraction of sp³-hybridized carbons (Fsp3) is 0.200. The van der Waals surface area contributed by atoms with Crippen molar-refractivity contribution in [3.8, 4) is 0 Å². The van der Waals surface area contributed by atoms with Gasteiger partial charge in [0.15, 0.2) is 0 Å². The molecule has 0 saturated heterocycles. The molecule has 0 saturated carbocycles. The first-order chi connectivity index (χ1) is 7.09. The van der Waals surface area contributed by atoms with E-state index in [2.05, 4.69) is 5.32 Å². The number of carbonyl (C=O) groups excluding carboxylic acids is 1. The summed E-state index contributed by atoms with van der Waals surface area (Å²) < 4.78 is 0. The lowest BCUT2D eigenvalue weighted by molar-refractivity contribution is -0.140. The smallest absolute Gasteiger partial charge is 0.325 e. The van der Waals surface area contributed by atoms with Gasteiger partial charge in [-0.3, -0.25) is 9.59 Å². The van der Waals surface area contributed by atoms with E-state index in [0.717, 1.165) is 4.88 Å². The lowest BCUT2D eigenvalue weighted by Crippen LogP contribution is -2.37. The molecular formula is C10H11NO3S. The molecule has 1 heterocycles. The van der Waals surface area contributed by atoms with Crippen molar-refractivity contribution in [2.45, 2.75) is 13.0 Å². The fourth-order valence-electron chi connectivity index (χ4n) is 0.867. The van der Waals surface area contributed by atoms with E-state index in [1.807, 2.05) is 17.5 Å². The van der Waals surface area contributed by atoms with Gasteiger partial charge in [-0.25, -0.2) is 0 Å². The molecule has 0 bridgehead atoms. The topological polar surface area (TPSA) is 66.4 Å². The average molecular weight is 225 g/mol. The Bertz CT molecular complexity index is 370. The molecule has 0 radical (unpaired) electrons. The van der Waals surface area contributed by atoms with Gasteiger partial charge in [-0.1, -0.05) is 6.07 Å². The van der Waals surface area contributed by atoms with Crippen LogP contribution in [-0.4, -0.2) is 23.0 Å². The van der Waals surface area contributed by atoms with Crippen molar-refractivity contribution in [3.63, 3.8) is 0 Å². The number of hydrogen-bond donors (Lipinski definition) is 2. The zero-order valence-electron chi connectivity index (χ0n) is 8.14. The predicted molar refractivity (Wildman–Crippen MR) is 58.6 cm³/mol. The Labute approximate surface area is 91.2 Å². The van der Waals surface area contributed by atoms with E-state index >= 15 is 0 Å². The van der Waals surface area contributed by atoms with Crippen LogP contribution < -0.4 is 5.32 Å². The Morgan fingerprint density at radius 2 is 2.33 bits per heavy atom. The zero-order chi connectivity index (χ0) is 11.3. The van der Waals surface area contributed by atoms with Gasteiger partial charge in [-0.2, -0.15) is 0 Å². The maximum Gasteiger partial charge on any atom is 0.325 e. The van der Waals surface area contributed by atoms with E-state index in [-0.39, 0.29) is 0 Å². The zero-order valence-corrected chi connectivity index (χ0v) is 8.95. The summed E-state index contributed by atoms with van der Waals surface area (Å²) in [6.45, 7) is 1.42. The van der Waals surface area contributed by atoms with Crippen LogP contribution in [0.5, 0.6) is 0 Å². The molecule has 15 heavy (non-hydrogen) atoms. The van der Waals surface area contributed by atoms with Gasteiger partial charge in [-0.05, 0) is 24.4 Å². The molecule has 1 atom stereocenters. The molecule has 1 unspecified atom stereocenters. The first-order valence-electron chi connectivity index (χ1n) is 4.34. The van der Waals surface area contributed by atoms with Crippen LogP contribution in [0.2, 0.25) is 0 Å². The summed E-state index contributed by atoms with van der Waals surface area (Å²) in [7, 11) is 0.